The molecule has 0 aromatic heterocycles. The molecule has 1 aliphatic rings. The van der Waals surface area contributed by atoms with E-state index in [-0.39, 0.29) is 11.8 Å². The van der Waals surface area contributed by atoms with E-state index in [4.69, 9.17) is 21.7 Å². The van der Waals surface area contributed by atoms with Crippen LogP contribution in [0.25, 0.3) is 0 Å². The fraction of sp³-hybridized carbons (Fsp3) is 0.500. The Morgan fingerprint density at radius 2 is 2.00 bits per heavy atom. The lowest BCUT2D eigenvalue weighted by Crippen LogP contribution is -2.45. The molecule has 0 saturated heterocycles. The number of Topliss-reactive ketones (excluding diaryl/α,β-unsaturated/α-hetero) is 1. The van der Waals surface area contributed by atoms with Crippen LogP contribution < -0.4 is 14.8 Å². The third kappa shape index (κ3) is 4.36. The molecule has 0 aliphatic carbocycles. The molecule has 1 aromatic carbocycles. The van der Waals surface area contributed by atoms with Gasteiger partial charge in [-0.25, -0.2) is 0 Å². The number of hydrogen-bond acceptors (Lipinski definition) is 4. The predicted molar refractivity (Wildman–Crippen MR) is 108 cm³/mol. The second-order valence-electron chi connectivity index (χ2n) is 6.34. The summed E-state index contributed by atoms with van der Waals surface area (Å²) in [4.78, 5) is 14.1. The van der Waals surface area contributed by atoms with E-state index in [0.29, 0.717) is 29.6 Å². The minimum atomic E-state index is -0.292. The van der Waals surface area contributed by atoms with Gasteiger partial charge in [0, 0.05) is 18.3 Å². The van der Waals surface area contributed by atoms with Crippen molar-refractivity contribution in [3.63, 3.8) is 0 Å². The maximum absolute atomic E-state index is 12.3. The van der Waals surface area contributed by atoms with Crippen molar-refractivity contribution in [2.45, 2.75) is 46.6 Å². The number of hydrogen-bond donors (Lipinski definition) is 1. The van der Waals surface area contributed by atoms with Gasteiger partial charge in [0.05, 0.1) is 19.3 Å². The van der Waals surface area contributed by atoms with E-state index in [0.717, 1.165) is 29.9 Å². The molecule has 0 saturated carbocycles. The number of ketones is 1. The van der Waals surface area contributed by atoms with Crippen LogP contribution in [0.3, 0.4) is 0 Å². The van der Waals surface area contributed by atoms with Crippen molar-refractivity contribution in [2.75, 3.05) is 20.3 Å². The van der Waals surface area contributed by atoms with Gasteiger partial charge in [-0.05, 0) is 57.1 Å². The van der Waals surface area contributed by atoms with E-state index in [9.17, 15) is 4.79 Å². The topological polar surface area (TPSA) is 50.8 Å². The summed E-state index contributed by atoms with van der Waals surface area (Å²) < 4.78 is 11.6. The number of unbranched alkanes of at least 4 members (excludes halogenated alkanes) is 1. The number of rotatable bonds is 8. The highest BCUT2D eigenvalue weighted by atomic mass is 32.1. The van der Waals surface area contributed by atoms with Crippen molar-refractivity contribution in [3.8, 4) is 11.5 Å². The molecule has 0 radical (unpaired) electrons. The smallest absolute Gasteiger partial charge is 0.173 e. The quantitative estimate of drug-likeness (QED) is 0.547. The standard InChI is InChI=1S/C20H28N2O3S/c1-6-8-11-25-16-10-9-15(12-17(16)24-7-2)19-18(14(4)23)13(3)22(5)20(26)21-19/h9-10,12,19H,6-8,11H2,1-5H3,(H,21,26). The molecular weight excluding hydrogens is 348 g/mol. The van der Waals surface area contributed by atoms with Gasteiger partial charge in [-0.15, -0.1) is 0 Å². The van der Waals surface area contributed by atoms with Crippen LogP contribution in [0.1, 0.15) is 52.1 Å². The van der Waals surface area contributed by atoms with Crippen molar-refractivity contribution < 1.29 is 14.3 Å². The number of benzene rings is 1. The predicted octanol–water partition coefficient (Wildman–Crippen LogP) is 3.99. The third-order valence-electron chi connectivity index (χ3n) is 4.49. The SMILES string of the molecule is CCCCOc1ccc(C2NC(=S)N(C)C(C)=C2C(C)=O)cc1OCC. The molecule has 1 unspecified atom stereocenters. The van der Waals surface area contributed by atoms with Gasteiger partial charge in [0.25, 0.3) is 0 Å². The lowest BCUT2D eigenvalue weighted by atomic mass is 9.92. The number of thiocarbonyl (C=S) groups is 1. The Balaban J connectivity index is 2.41. The summed E-state index contributed by atoms with van der Waals surface area (Å²) >= 11 is 5.42. The van der Waals surface area contributed by atoms with E-state index < -0.39 is 0 Å². The average molecular weight is 377 g/mol. The Kier molecular flexibility index (Phi) is 7.03. The molecule has 0 fully saturated rings. The Labute approximate surface area is 161 Å². The zero-order chi connectivity index (χ0) is 19.3. The van der Waals surface area contributed by atoms with E-state index in [1.54, 1.807) is 6.92 Å². The van der Waals surface area contributed by atoms with Crippen molar-refractivity contribution in [3.05, 3.63) is 35.0 Å². The van der Waals surface area contributed by atoms with Crippen molar-refractivity contribution in [1.29, 1.82) is 0 Å². The van der Waals surface area contributed by atoms with Crippen molar-refractivity contribution >= 4 is 23.1 Å². The molecule has 1 aliphatic heterocycles. The van der Waals surface area contributed by atoms with Crippen LogP contribution in [-0.2, 0) is 4.79 Å². The first-order chi connectivity index (χ1) is 12.4. The van der Waals surface area contributed by atoms with Crippen molar-refractivity contribution in [1.82, 2.24) is 10.2 Å². The molecule has 1 heterocycles. The molecule has 0 spiro atoms. The van der Waals surface area contributed by atoms with Gasteiger partial charge < -0.3 is 19.7 Å². The van der Waals surface area contributed by atoms with Gasteiger partial charge in [-0.1, -0.05) is 19.4 Å². The zero-order valence-electron chi connectivity index (χ0n) is 16.2. The van der Waals surface area contributed by atoms with Crippen LogP contribution >= 0.6 is 12.2 Å². The number of carbonyl (C=O) groups excluding carboxylic acids is 1. The minimum Gasteiger partial charge on any atom is -0.490 e. The number of ether oxygens (including phenoxy) is 2. The molecule has 6 heteroatoms. The van der Waals surface area contributed by atoms with Crippen molar-refractivity contribution in [2.24, 2.45) is 0 Å². The van der Waals surface area contributed by atoms with E-state index in [2.05, 4.69) is 12.2 Å². The first-order valence-electron chi connectivity index (χ1n) is 9.06. The monoisotopic (exact) mass is 376 g/mol. The first kappa shape index (κ1) is 20.2. The minimum absolute atomic E-state index is 0.0237. The molecule has 1 atom stereocenters. The van der Waals surface area contributed by atoms with Gasteiger partial charge in [0.2, 0.25) is 0 Å². The maximum atomic E-state index is 12.3. The Hall–Kier alpha value is -2.08. The van der Waals surface area contributed by atoms with Gasteiger partial charge in [-0.3, -0.25) is 4.79 Å². The maximum Gasteiger partial charge on any atom is 0.173 e. The van der Waals surface area contributed by atoms with Crippen LogP contribution in [0, 0.1) is 0 Å². The lowest BCUT2D eigenvalue weighted by Gasteiger charge is -2.35. The number of carbonyl (C=O) groups is 1. The molecule has 26 heavy (non-hydrogen) atoms. The van der Waals surface area contributed by atoms with Crippen LogP contribution in [0.4, 0.5) is 0 Å². The normalized spacial score (nSPS) is 17.2. The molecule has 1 aromatic rings. The van der Waals surface area contributed by atoms with Crippen LogP contribution in [0.5, 0.6) is 11.5 Å². The summed E-state index contributed by atoms with van der Waals surface area (Å²) in [5.41, 5.74) is 2.51. The number of nitrogens with one attached hydrogen (secondary N) is 1. The summed E-state index contributed by atoms with van der Waals surface area (Å²) in [5, 5.41) is 3.86. The highest BCUT2D eigenvalue weighted by Gasteiger charge is 2.31. The highest BCUT2D eigenvalue weighted by molar-refractivity contribution is 7.80. The molecule has 0 amide bonds. The van der Waals surface area contributed by atoms with Gasteiger partial charge in [0.1, 0.15) is 0 Å². The molecule has 2 rings (SSSR count). The molecule has 142 valence electrons. The van der Waals surface area contributed by atoms with E-state index >= 15 is 0 Å². The largest absolute Gasteiger partial charge is 0.490 e. The summed E-state index contributed by atoms with van der Waals surface area (Å²) in [6.07, 6.45) is 2.07. The lowest BCUT2D eigenvalue weighted by molar-refractivity contribution is -0.114. The second-order valence-corrected chi connectivity index (χ2v) is 6.72. The van der Waals surface area contributed by atoms with Gasteiger partial charge in [-0.2, -0.15) is 0 Å². The molecule has 5 nitrogen and oxygen atoms in total. The van der Waals surface area contributed by atoms with Crippen LogP contribution in [0.15, 0.2) is 29.5 Å². The Morgan fingerprint density at radius 1 is 1.27 bits per heavy atom. The highest BCUT2D eigenvalue weighted by Crippen LogP contribution is 2.36. The molecular formula is C20H28N2O3S. The Morgan fingerprint density at radius 3 is 2.62 bits per heavy atom. The summed E-state index contributed by atoms with van der Waals surface area (Å²) in [6, 6.07) is 5.52. The third-order valence-corrected chi connectivity index (χ3v) is 4.88. The number of allylic oxidation sites excluding steroid dienone is 1. The molecule has 1 N–H and O–H groups in total. The van der Waals surface area contributed by atoms with Crippen LogP contribution in [-0.4, -0.2) is 36.1 Å². The summed E-state index contributed by atoms with van der Waals surface area (Å²) in [6.45, 7) is 8.77. The second kappa shape index (κ2) is 9.03. The van der Waals surface area contributed by atoms with Gasteiger partial charge in [0.15, 0.2) is 22.4 Å². The summed E-state index contributed by atoms with van der Waals surface area (Å²) in [5.74, 6) is 1.44. The zero-order valence-corrected chi connectivity index (χ0v) is 17.0. The molecule has 0 bridgehead atoms. The van der Waals surface area contributed by atoms with Gasteiger partial charge >= 0.3 is 0 Å². The summed E-state index contributed by atoms with van der Waals surface area (Å²) in [7, 11) is 1.86. The van der Waals surface area contributed by atoms with Crippen LogP contribution in [0.2, 0.25) is 0 Å². The first-order valence-corrected chi connectivity index (χ1v) is 9.46. The Bertz CT molecular complexity index is 715. The fourth-order valence-corrected chi connectivity index (χ4v) is 3.22. The fourth-order valence-electron chi connectivity index (χ4n) is 2.96. The van der Waals surface area contributed by atoms with E-state index in [1.807, 2.05) is 44.0 Å². The van der Waals surface area contributed by atoms with E-state index in [1.165, 1.54) is 0 Å². The average Bonchev–Trinajstić information content (AvgIpc) is 2.60. The number of nitrogens with zero attached hydrogens (tertiary/aromatic N) is 1.